The number of imide groups is 1. The Bertz CT molecular complexity index is 751. The zero-order valence-corrected chi connectivity index (χ0v) is 17.2. The number of carbonyl (C=O) groups excluding carboxylic acids is 2. The van der Waals surface area contributed by atoms with Crippen LogP contribution >= 0.6 is 39.6 Å². The first-order valence-corrected chi connectivity index (χ1v) is 8.68. The molecule has 0 aromatic heterocycles. The number of piperidine rings is 1. The molecule has 0 saturated carbocycles. The maximum Gasteiger partial charge on any atom is 0.259 e. The summed E-state index contributed by atoms with van der Waals surface area (Å²) in [7, 11) is 0. The zero-order valence-electron chi connectivity index (χ0n) is 13.4. The molecular weight excluding hydrogens is 499 g/mol. The third-order valence-corrected chi connectivity index (χ3v) is 4.85. The molecule has 25 heavy (non-hydrogen) atoms. The predicted octanol–water partition coefficient (Wildman–Crippen LogP) is 3.80. The molecule has 132 valence electrons. The van der Waals surface area contributed by atoms with Crippen LogP contribution in [0.3, 0.4) is 0 Å². The minimum atomic E-state index is -0.998. The third kappa shape index (κ3) is 4.80. The summed E-state index contributed by atoms with van der Waals surface area (Å²) in [6.45, 7) is 0.227. The highest BCUT2D eigenvalue weighted by molar-refractivity contribution is 14.1. The van der Waals surface area contributed by atoms with Gasteiger partial charge in [-0.25, -0.2) is 0 Å². The first-order chi connectivity index (χ1) is 11.5. The fourth-order valence-electron chi connectivity index (χ4n) is 2.50. The van der Waals surface area contributed by atoms with E-state index in [0.717, 1.165) is 11.3 Å². The van der Waals surface area contributed by atoms with Crippen LogP contribution in [0.5, 0.6) is 11.5 Å². The van der Waals surface area contributed by atoms with Crippen molar-refractivity contribution in [3.8, 4) is 11.5 Å². The van der Waals surface area contributed by atoms with Crippen LogP contribution in [-0.2, 0) is 16.1 Å². The van der Waals surface area contributed by atoms with Gasteiger partial charge >= 0.3 is 0 Å². The molecule has 0 radical (unpaired) electrons. The number of amides is 2. The number of alkyl halides is 1. The van der Waals surface area contributed by atoms with E-state index in [4.69, 9.17) is 10.5 Å². The summed E-state index contributed by atoms with van der Waals surface area (Å²) in [6.07, 6.45) is 0.673. The lowest BCUT2D eigenvalue weighted by Gasteiger charge is -2.34. The van der Waals surface area contributed by atoms with Crippen molar-refractivity contribution in [1.29, 1.82) is 0 Å². The standard InChI is InChI=1S/C18H17IN2O3.BrH/c19-18(20)11-10-16(22)21(17(18)23)12-13-6-8-15(9-7-13)24-14-4-2-1-3-5-14;/h1-9H,10-12,20H2;1H. The number of halogens is 2. The molecule has 1 atom stereocenters. The Morgan fingerprint density at radius 1 is 1.04 bits per heavy atom. The molecule has 0 aliphatic carbocycles. The molecule has 0 bridgehead atoms. The number of nitrogens with two attached hydrogens (primary N) is 1. The van der Waals surface area contributed by atoms with Crippen molar-refractivity contribution in [1.82, 2.24) is 4.90 Å². The average Bonchev–Trinajstić information content (AvgIpc) is 2.58. The van der Waals surface area contributed by atoms with Gasteiger partial charge in [0.05, 0.1) is 6.54 Å². The number of likely N-dealkylation sites (tertiary alicyclic amines) is 1. The molecule has 0 spiro atoms. The van der Waals surface area contributed by atoms with E-state index in [1.807, 2.05) is 77.2 Å². The molecule has 2 aromatic rings. The Morgan fingerprint density at radius 2 is 1.64 bits per heavy atom. The van der Waals surface area contributed by atoms with Crippen LogP contribution < -0.4 is 10.5 Å². The summed E-state index contributed by atoms with van der Waals surface area (Å²) in [6, 6.07) is 16.8. The van der Waals surface area contributed by atoms with Crippen LogP contribution in [0.2, 0.25) is 0 Å². The summed E-state index contributed by atoms with van der Waals surface area (Å²) in [4.78, 5) is 25.6. The Hall–Kier alpha value is -1.45. The highest BCUT2D eigenvalue weighted by Gasteiger charge is 2.42. The minimum Gasteiger partial charge on any atom is -0.457 e. The van der Waals surface area contributed by atoms with Gasteiger partial charge in [-0.1, -0.05) is 52.9 Å². The van der Waals surface area contributed by atoms with Gasteiger partial charge < -0.3 is 10.5 Å². The summed E-state index contributed by atoms with van der Waals surface area (Å²) in [5.41, 5.74) is 6.81. The lowest BCUT2D eigenvalue weighted by Crippen LogP contribution is -2.56. The van der Waals surface area contributed by atoms with Crippen molar-refractivity contribution in [3.05, 3.63) is 60.2 Å². The molecule has 1 aliphatic heterocycles. The Labute approximate surface area is 170 Å². The molecule has 3 rings (SSSR count). The smallest absolute Gasteiger partial charge is 0.259 e. The van der Waals surface area contributed by atoms with Crippen molar-refractivity contribution >= 4 is 51.4 Å². The molecule has 2 N–H and O–H groups in total. The number of benzene rings is 2. The van der Waals surface area contributed by atoms with E-state index in [1.165, 1.54) is 4.90 Å². The number of rotatable bonds is 4. The van der Waals surface area contributed by atoms with Gasteiger partial charge in [-0.15, -0.1) is 17.0 Å². The maximum absolute atomic E-state index is 12.3. The van der Waals surface area contributed by atoms with E-state index < -0.39 is 3.55 Å². The Morgan fingerprint density at radius 3 is 2.28 bits per heavy atom. The lowest BCUT2D eigenvalue weighted by atomic mass is 10.0. The van der Waals surface area contributed by atoms with Crippen LogP contribution in [0.25, 0.3) is 0 Å². The van der Waals surface area contributed by atoms with Crippen molar-refractivity contribution in [3.63, 3.8) is 0 Å². The SMILES string of the molecule is Br.NC1(I)CCC(=O)N(Cc2ccc(Oc3ccccc3)cc2)C1=O. The second kappa shape index (κ2) is 8.29. The first kappa shape index (κ1) is 19.9. The molecule has 5 nitrogen and oxygen atoms in total. The average molecular weight is 517 g/mol. The van der Waals surface area contributed by atoms with Crippen molar-refractivity contribution in [2.24, 2.45) is 5.73 Å². The van der Waals surface area contributed by atoms with Gasteiger partial charge in [0.1, 0.15) is 15.0 Å². The van der Waals surface area contributed by atoms with Crippen molar-refractivity contribution < 1.29 is 14.3 Å². The summed E-state index contributed by atoms with van der Waals surface area (Å²) in [5.74, 6) is 0.944. The number of para-hydroxylation sites is 1. The molecule has 1 heterocycles. The first-order valence-electron chi connectivity index (χ1n) is 7.60. The van der Waals surface area contributed by atoms with Crippen LogP contribution in [-0.4, -0.2) is 20.3 Å². The zero-order chi connectivity index (χ0) is 17.2. The largest absolute Gasteiger partial charge is 0.457 e. The second-order valence-corrected chi connectivity index (χ2v) is 7.63. The molecule has 1 saturated heterocycles. The fourth-order valence-corrected chi connectivity index (χ4v) is 3.06. The Kier molecular flexibility index (Phi) is 6.59. The maximum atomic E-state index is 12.3. The predicted molar refractivity (Wildman–Crippen MR) is 109 cm³/mol. The van der Waals surface area contributed by atoms with E-state index in [0.29, 0.717) is 18.6 Å². The van der Waals surface area contributed by atoms with Crippen LogP contribution in [0, 0.1) is 0 Å². The second-order valence-electron chi connectivity index (χ2n) is 5.71. The highest BCUT2D eigenvalue weighted by atomic mass is 127. The monoisotopic (exact) mass is 516 g/mol. The van der Waals surface area contributed by atoms with Gasteiger partial charge in [0.15, 0.2) is 0 Å². The Balaban J connectivity index is 0.00000225. The number of carbonyl (C=O) groups is 2. The van der Waals surface area contributed by atoms with Gasteiger partial charge in [-0.2, -0.15) is 0 Å². The van der Waals surface area contributed by atoms with Crippen LogP contribution in [0.4, 0.5) is 0 Å². The molecule has 2 aromatic carbocycles. The molecule has 1 fully saturated rings. The van der Waals surface area contributed by atoms with Crippen molar-refractivity contribution in [2.75, 3.05) is 0 Å². The minimum absolute atomic E-state index is 0. The lowest BCUT2D eigenvalue weighted by molar-refractivity contribution is -0.150. The number of hydrogen-bond acceptors (Lipinski definition) is 4. The number of ether oxygens (including phenoxy) is 1. The topological polar surface area (TPSA) is 72.6 Å². The van der Waals surface area contributed by atoms with Gasteiger partial charge in [0.2, 0.25) is 5.91 Å². The van der Waals surface area contributed by atoms with Crippen LogP contribution in [0.15, 0.2) is 54.6 Å². The van der Waals surface area contributed by atoms with E-state index >= 15 is 0 Å². The van der Waals surface area contributed by atoms with E-state index in [2.05, 4.69) is 0 Å². The summed E-state index contributed by atoms with van der Waals surface area (Å²) >= 11 is 1.92. The summed E-state index contributed by atoms with van der Waals surface area (Å²) < 4.78 is 4.73. The summed E-state index contributed by atoms with van der Waals surface area (Å²) in [5, 5.41) is 0. The van der Waals surface area contributed by atoms with Gasteiger partial charge in [-0.3, -0.25) is 14.5 Å². The highest BCUT2D eigenvalue weighted by Crippen LogP contribution is 2.29. The van der Waals surface area contributed by atoms with Crippen molar-refractivity contribution in [2.45, 2.75) is 22.9 Å². The third-order valence-electron chi connectivity index (χ3n) is 3.85. The number of nitrogens with zero attached hydrogens (tertiary/aromatic N) is 1. The molecule has 2 amide bonds. The van der Waals surface area contributed by atoms with E-state index in [1.54, 1.807) is 0 Å². The quantitative estimate of drug-likeness (QED) is 0.290. The van der Waals surface area contributed by atoms with Gasteiger partial charge in [0.25, 0.3) is 5.91 Å². The fraction of sp³-hybridized carbons (Fsp3) is 0.222. The van der Waals surface area contributed by atoms with Gasteiger partial charge in [-0.05, 0) is 36.2 Å². The number of hydrogen-bond donors (Lipinski definition) is 1. The molecule has 1 unspecified atom stereocenters. The van der Waals surface area contributed by atoms with E-state index in [-0.39, 0.29) is 35.3 Å². The van der Waals surface area contributed by atoms with Crippen LogP contribution in [0.1, 0.15) is 18.4 Å². The molecular formula is C18H18BrIN2O3. The molecule has 1 aliphatic rings. The van der Waals surface area contributed by atoms with Gasteiger partial charge in [0, 0.05) is 6.42 Å². The molecule has 7 heteroatoms. The van der Waals surface area contributed by atoms with E-state index in [9.17, 15) is 9.59 Å². The normalized spacial score (nSPS) is 20.2.